The van der Waals surface area contributed by atoms with Crippen molar-refractivity contribution in [2.75, 3.05) is 31.8 Å². The molecule has 6 nitrogen and oxygen atoms in total. The van der Waals surface area contributed by atoms with Gasteiger partial charge in [-0.05, 0) is 31.9 Å². The monoisotopic (exact) mass is 389 g/mol. The summed E-state index contributed by atoms with van der Waals surface area (Å²) >= 11 is 6.07. The Morgan fingerprint density at radius 2 is 2.12 bits per heavy atom. The van der Waals surface area contributed by atoms with Crippen molar-refractivity contribution in [3.05, 3.63) is 29.3 Å². The van der Waals surface area contributed by atoms with Crippen molar-refractivity contribution >= 4 is 27.3 Å². The minimum absolute atomic E-state index is 0.00450. The lowest BCUT2D eigenvalue weighted by atomic mass is 10.2. The Labute approximate surface area is 154 Å². The average molecular weight is 390 g/mol. The SMILES string of the molecule is COCCCN(C(=O)[C@@H](C)Oc1ccccc1Cl)[C@@H]1CCS(=O)(=O)C1. The van der Waals surface area contributed by atoms with Gasteiger partial charge in [-0.25, -0.2) is 8.42 Å². The van der Waals surface area contributed by atoms with Gasteiger partial charge in [0.25, 0.3) is 5.91 Å². The molecule has 140 valence electrons. The molecule has 0 bridgehead atoms. The first-order valence-electron chi connectivity index (χ1n) is 8.25. The lowest BCUT2D eigenvalue weighted by Crippen LogP contribution is -2.47. The molecule has 1 aliphatic rings. The summed E-state index contributed by atoms with van der Waals surface area (Å²) in [4.78, 5) is 14.5. The predicted molar refractivity (Wildman–Crippen MR) is 96.8 cm³/mol. The molecule has 2 rings (SSSR count). The number of sulfone groups is 1. The standard InChI is InChI=1S/C17H24ClNO5S/c1-13(24-16-7-4-3-6-15(16)18)17(20)19(9-5-10-23-2)14-8-11-25(21,22)12-14/h3-4,6-7,13-14H,5,8-12H2,1-2H3/t13-,14-/m1/s1. The Kier molecular flexibility index (Phi) is 7.10. The van der Waals surface area contributed by atoms with Gasteiger partial charge in [-0.1, -0.05) is 23.7 Å². The topological polar surface area (TPSA) is 72.9 Å². The highest BCUT2D eigenvalue weighted by atomic mass is 35.5. The van der Waals surface area contributed by atoms with Crippen LogP contribution in [0.5, 0.6) is 5.75 Å². The fourth-order valence-corrected chi connectivity index (χ4v) is 4.80. The Hall–Kier alpha value is -1.31. The van der Waals surface area contributed by atoms with E-state index >= 15 is 0 Å². The molecule has 1 aromatic rings. The largest absolute Gasteiger partial charge is 0.479 e. The molecule has 0 aliphatic carbocycles. The minimum Gasteiger partial charge on any atom is -0.479 e. The van der Waals surface area contributed by atoms with Crippen LogP contribution in [0, 0.1) is 0 Å². The van der Waals surface area contributed by atoms with Gasteiger partial charge in [0.15, 0.2) is 15.9 Å². The highest BCUT2D eigenvalue weighted by Crippen LogP contribution is 2.25. The number of amides is 1. The minimum atomic E-state index is -3.08. The van der Waals surface area contributed by atoms with E-state index in [9.17, 15) is 13.2 Å². The summed E-state index contributed by atoms with van der Waals surface area (Å²) in [7, 11) is -1.49. The number of para-hydroxylation sites is 1. The van der Waals surface area contributed by atoms with Crippen LogP contribution in [-0.4, -0.2) is 63.1 Å². The van der Waals surface area contributed by atoms with Gasteiger partial charge in [0, 0.05) is 26.3 Å². The van der Waals surface area contributed by atoms with E-state index in [1.165, 1.54) is 0 Å². The van der Waals surface area contributed by atoms with Crippen LogP contribution >= 0.6 is 11.6 Å². The van der Waals surface area contributed by atoms with Crippen molar-refractivity contribution in [1.82, 2.24) is 4.90 Å². The van der Waals surface area contributed by atoms with E-state index in [0.717, 1.165) is 0 Å². The molecule has 0 unspecified atom stereocenters. The van der Waals surface area contributed by atoms with Gasteiger partial charge in [0.2, 0.25) is 0 Å². The number of rotatable bonds is 8. The predicted octanol–water partition coefficient (Wildman–Crippen LogP) is 2.16. The van der Waals surface area contributed by atoms with Crippen molar-refractivity contribution in [1.29, 1.82) is 0 Å². The van der Waals surface area contributed by atoms with Crippen LogP contribution in [0.15, 0.2) is 24.3 Å². The van der Waals surface area contributed by atoms with Crippen LogP contribution < -0.4 is 4.74 Å². The van der Waals surface area contributed by atoms with Gasteiger partial charge in [-0.2, -0.15) is 0 Å². The second-order valence-electron chi connectivity index (χ2n) is 6.13. The fourth-order valence-electron chi connectivity index (χ4n) is 2.89. The van der Waals surface area contributed by atoms with E-state index in [-0.39, 0.29) is 23.5 Å². The molecule has 0 N–H and O–H groups in total. The number of carbonyl (C=O) groups is 1. The van der Waals surface area contributed by atoms with Crippen molar-refractivity contribution in [3.63, 3.8) is 0 Å². The zero-order valence-corrected chi connectivity index (χ0v) is 16.1. The summed E-state index contributed by atoms with van der Waals surface area (Å²) in [5, 5.41) is 0.427. The van der Waals surface area contributed by atoms with Crippen LogP contribution in [-0.2, 0) is 19.4 Å². The van der Waals surface area contributed by atoms with E-state index in [1.54, 1.807) is 43.2 Å². The second-order valence-corrected chi connectivity index (χ2v) is 8.76. The number of carbonyl (C=O) groups excluding carboxylic acids is 1. The van der Waals surface area contributed by atoms with Crippen molar-refractivity contribution in [2.45, 2.75) is 31.9 Å². The zero-order valence-electron chi connectivity index (χ0n) is 14.5. The summed E-state index contributed by atoms with van der Waals surface area (Å²) in [6.07, 6.45) is 0.336. The van der Waals surface area contributed by atoms with Gasteiger partial charge in [-0.3, -0.25) is 4.79 Å². The number of nitrogens with zero attached hydrogens (tertiary/aromatic N) is 1. The molecule has 1 heterocycles. The Morgan fingerprint density at radius 3 is 2.72 bits per heavy atom. The van der Waals surface area contributed by atoms with Gasteiger partial charge in [0.05, 0.1) is 16.5 Å². The van der Waals surface area contributed by atoms with E-state index < -0.39 is 15.9 Å². The molecule has 25 heavy (non-hydrogen) atoms. The summed E-state index contributed by atoms with van der Waals surface area (Å²) in [5.74, 6) is 0.315. The second kappa shape index (κ2) is 8.87. The summed E-state index contributed by atoms with van der Waals surface area (Å²) in [6, 6.07) is 6.63. The number of hydrogen-bond acceptors (Lipinski definition) is 5. The number of ether oxygens (including phenoxy) is 2. The molecular formula is C17H24ClNO5S. The first-order valence-corrected chi connectivity index (χ1v) is 10.4. The molecule has 8 heteroatoms. The van der Waals surface area contributed by atoms with E-state index in [0.29, 0.717) is 36.8 Å². The van der Waals surface area contributed by atoms with Crippen molar-refractivity contribution < 1.29 is 22.7 Å². The number of benzene rings is 1. The first-order chi connectivity index (χ1) is 11.8. The molecule has 1 fully saturated rings. The van der Waals surface area contributed by atoms with Crippen LogP contribution in [0.3, 0.4) is 0 Å². The Bertz CT molecular complexity index is 694. The fraction of sp³-hybridized carbons (Fsp3) is 0.588. The third-order valence-electron chi connectivity index (χ3n) is 4.17. The van der Waals surface area contributed by atoms with Gasteiger partial charge < -0.3 is 14.4 Å². The molecule has 0 saturated carbocycles. The first kappa shape index (κ1) is 20.0. The van der Waals surface area contributed by atoms with Crippen molar-refractivity contribution in [2.24, 2.45) is 0 Å². The summed E-state index contributed by atoms with van der Waals surface area (Å²) < 4.78 is 34.3. The summed E-state index contributed by atoms with van der Waals surface area (Å²) in [6.45, 7) is 2.59. The van der Waals surface area contributed by atoms with E-state index in [1.807, 2.05) is 0 Å². The smallest absolute Gasteiger partial charge is 0.263 e. The Morgan fingerprint density at radius 1 is 1.40 bits per heavy atom. The van der Waals surface area contributed by atoms with E-state index in [2.05, 4.69) is 0 Å². The molecule has 1 saturated heterocycles. The molecule has 0 spiro atoms. The molecule has 1 aliphatic heterocycles. The molecule has 1 aromatic carbocycles. The zero-order chi connectivity index (χ0) is 18.4. The van der Waals surface area contributed by atoms with E-state index in [4.69, 9.17) is 21.1 Å². The molecule has 0 radical (unpaired) electrons. The maximum atomic E-state index is 12.9. The third kappa shape index (κ3) is 5.59. The lowest BCUT2D eigenvalue weighted by Gasteiger charge is -2.31. The summed E-state index contributed by atoms with van der Waals surface area (Å²) in [5.41, 5.74) is 0. The number of halogens is 1. The lowest BCUT2D eigenvalue weighted by molar-refractivity contribution is -0.140. The van der Waals surface area contributed by atoms with Crippen LogP contribution in [0.4, 0.5) is 0 Å². The maximum absolute atomic E-state index is 12.9. The van der Waals surface area contributed by atoms with Gasteiger partial charge in [0.1, 0.15) is 5.75 Å². The highest BCUT2D eigenvalue weighted by molar-refractivity contribution is 7.91. The molecule has 2 atom stereocenters. The average Bonchev–Trinajstić information content (AvgIpc) is 2.93. The van der Waals surface area contributed by atoms with Crippen LogP contribution in [0.1, 0.15) is 19.8 Å². The van der Waals surface area contributed by atoms with Gasteiger partial charge >= 0.3 is 0 Å². The van der Waals surface area contributed by atoms with Crippen molar-refractivity contribution in [3.8, 4) is 5.75 Å². The Balaban J connectivity index is 2.09. The third-order valence-corrected chi connectivity index (χ3v) is 6.23. The number of methoxy groups -OCH3 is 1. The molecule has 0 aromatic heterocycles. The normalized spacial score (nSPS) is 20.2. The van der Waals surface area contributed by atoms with Crippen LogP contribution in [0.2, 0.25) is 5.02 Å². The quantitative estimate of drug-likeness (QED) is 0.637. The highest BCUT2D eigenvalue weighted by Gasteiger charge is 2.36. The van der Waals surface area contributed by atoms with Gasteiger partial charge in [-0.15, -0.1) is 0 Å². The maximum Gasteiger partial charge on any atom is 0.263 e. The van der Waals surface area contributed by atoms with Crippen LogP contribution in [0.25, 0.3) is 0 Å². The molecule has 1 amide bonds. The number of hydrogen-bond donors (Lipinski definition) is 0. The molecular weight excluding hydrogens is 366 g/mol.